The summed E-state index contributed by atoms with van der Waals surface area (Å²) in [5.41, 5.74) is 5.92. The highest BCUT2D eigenvalue weighted by Crippen LogP contribution is 2.15. The predicted molar refractivity (Wildman–Crippen MR) is 55.9 cm³/mol. The van der Waals surface area contributed by atoms with Crippen LogP contribution < -0.4 is 11.1 Å². The molecule has 14 heavy (non-hydrogen) atoms. The molecule has 1 amide bonds. The summed E-state index contributed by atoms with van der Waals surface area (Å²) in [5, 5.41) is 16.3. The minimum atomic E-state index is -0.581. The summed E-state index contributed by atoms with van der Waals surface area (Å²) in [7, 11) is 0. The molecule has 1 aromatic rings. The van der Waals surface area contributed by atoms with E-state index in [2.05, 4.69) is 5.32 Å². The van der Waals surface area contributed by atoms with Crippen molar-refractivity contribution < 1.29 is 9.90 Å². The number of aliphatic hydroxyl groups is 1. The van der Waals surface area contributed by atoms with Gasteiger partial charge in [0, 0.05) is 6.54 Å². The van der Waals surface area contributed by atoms with Crippen LogP contribution in [0.3, 0.4) is 0 Å². The predicted octanol–water partition coefficient (Wildman–Crippen LogP) is 0.245. The molecule has 0 aromatic carbocycles. The first-order valence-corrected chi connectivity index (χ1v) is 5.28. The molecule has 2 atom stereocenters. The first kappa shape index (κ1) is 11.2. The van der Waals surface area contributed by atoms with Crippen LogP contribution in [0.1, 0.15) is 18.6 Å². The van der Waals surface area contributed by atoms with Crippen LogP contribution in [0.4, 0.5) is 0 Å². The largest absolute Gasteiger partial charge is 0.387 e. The Morgan fingerprint density at radius 3 is 3.00 bits per heavy atom. The number of primary amides is 1. The van der Waals surface area contributed by atoms with Crippen molar-refractivity contribution in [1.29, 1.82) is 0 Å². The van der Waals surface area contributed by atoms with Crippen molar-refractivity contribution in [1.82, 2.24) is 5.32 Å². The lowest BCUT2D eigenvalue weighted by molar-refractivity contribution is -0.119. The minimum absolute atomic E-state index is 0.334. The summed E-state index contributed by atoms with van der Waals surface area (Å²) in [6.45, 7) is 2.00. The minimum Gasteiger partial charge on any atom is -0.387 e. The average molecular weight is 214 g/mol. The van der Waals surface area contributed by atoms with Gasteiger partial charge in [-0.1, -0.05) is 0 Å². The summed E-state index contributed by atoms with van der Waals surface area (Å²) in [6, 6.07) is 1.44. The van der Waals surface area contributed by atoms with Crippen molar-refractivity contribution in [2.45, 2.75) is 19.1 Å². The van der Waals surface area contributed by atoms with Gasteiger partial charge in [-0.3, -0.25) is 4.79 Å². The number of hydrogen-bond acceptors (Lipinski definition) is 4. The molecule has 2 unspecified atom stereocenters. The van der Waals surface area contributed by atoms with Gasteiger partial charge < -0.3 is 16.2 Å². The number of carbonyl (C=O) groups is 1. The monoisotopic (exact) mass is 214 g/mol. The molecule has 0 bridgehead atoms. The van der Waals surface area contributed by atoms with E-state index in [0.29, 0.717) is 6.54 Å². The summed E-state index contributed by atoms with van der Waals surface area (Å²) < 4.78 is 0. The van der Waals surface area contributed by atoms with Gasteiger partial charge >= 0.3 is 0 Å². The Bertz CT molecular complexity index is 287. The fourth-order valence-corrected chi connectivity index (χ4v) is 1.68. The van der Waals surface area contributed by atoms with Gasteiger partial charge in [0.2, 0.25) is 5.91 Å². The maximum Gasteiger partial charge on any atom is 0.234 e. The number of hydrogen-bond donors (Lipinski definition) is 3. The molecular weight excluding hydrogens is 200 g/mol. The summed E-state index contributed by atoms with van der Waals surface area (Å²) >= 11 is 1.53. The highest BCUT2D eigenvalue weighted by atomic mass is 32.1. The van der Waals surface area contributed by atoms with Gasteiger partial charge in [-0.2, -0.15) is 11.3 Å². The highest BCUT2D eigenvalue weighted by molar-refractivity contribution is 7.07. The zero-order valence-electron chi connectivity index (χ0n) is 7.93. The third-order valence-corrected chi connectivity index (χ3v) is 2.67. The first-order valence-electron chi connectivity index (χ1n) is 4.34. The third kappa shape index (κ3) is 3.10. The molecule has 0 aliphatic heterocycles. The normalized spacial score (nSPS) is 15.0. The maximum atomic E-state index is 10.7. The van der Waals surface area contributed by atoms with Gasteiger partial charge in [0.05, 0.1) is 12.1 Å². The molecule has 5 heteroatoms. The molecule has 0 fully saturated rings. The standard InChI is InChI=1S/C9H14N2O2S/c1-6(9(10)13)11-4-8(12)7-2-3-14-5-7/h2-3,5-6,8,11-12H,4H2,1H3,(H2,10,13). The molecule has 0 spiro atoms. The lowest BCUT2D eigenvalue weighted by Crippen LogP contribution is -2.40. The van der Waals surface area contributed by atoms with E-state index in [4.69, 9.17) is 5.73 Å². The van der Waals surface area contributed by atoms with Crippen molar-refractivity contribution in [3.05, 3.63) is 22.4 Å². The molecule has 4 nitrogen and oxygen atoms in total. The summed E-state index contributed by atoms with van der Waals surface area (Å²) in [6.07, 6.45) is -0.581. The Morgan fingerprint density at radius 1 is 1.79 bits per heavy atom. The molecule has 0 saturated carbocycles. The molecule has 1 aromatic heterocycles. The first-order chi connectivity index (χ1) is 6.61. The zero-order valence-corrected chi connectivity index (χ0v) is 8.75. The van der Waals surface area contributed by atoms with Crippen LogP contribution in [0.2, 0.25) is 0 Å². The lowest BCUT2D eigenvalue weighted by atomic mass is 10.2. The number of nitrogens with two attached hydrogens (primary N) is 1. The van der Waals surface area contributed by atoms with E-state index >= 15 is 0 Å². The molecule has 0 saturated heterocycles. The van der Waals surface area contributed by atoms with E-state index in [0.717, 1.165) is 5.56 Å². The topological polar surface area (TPSA) is 75.3 Å². The van der Waals surface area contributed by atoms with E-state index in [9.17, 15) is 9.90 Å². The fourth-order valence-electron chi connectivity index (χ4n) is 0.971. The summed E-state index contributed by atoms with van der Waals surface area (Å²) in [5.74, 6) is -0.414. The van der Waals surface area contributed by atoms with Crippen LogP contribution in [-0.4, -0.2) is 23.6 Å². The van der Waals surface area contributed by atoms with Crippen LogP contribution >= 0.6 is 11.3 Å². The number of carbonyl (C=O) groups excluding carboxylic acids is 1. The average Bonchev–Trinajstić information content (AvgIpc) is 2.66. The van der Waals surface area contributed by atoms with Crippen LogP contribution in [0, 0.1) is 0 Å². The molecule has 0 aliphatic carbocycles. The summed E-state index contributed by atoms with van der Waals surface area (Å²) in [4.78, 5) is 10.7. The second-order valence-electron chi connectivity index (χ2n) is 3.10. The SMILES string of the molecule is CC(NCC(O)c1ccsc1)C(N)=O. The third-order valence-electron chi connectivity index (χ3n) is 1.97. The van der Waals surface area contributed by atoms with Crippen LogP contribution in [-0.2, 0) is 4.79 Å². The molecule has 0 radical (unpaired) electrons. The van der Waals surface area contributed by atoms with Gasteiger partial charge in [0.15, 0.2) is 0 Å². The number of aliphatic hydroxyl groups excluding tert-OH is 1. The Kier molecular flexibility index (Phi) is 4.06. The van der Waals surface area contributed by atoms with Crippen molar-refractivity contribution in [3.63, 3.8) is 0 Å². The molecule has 78 valence electrons. The number of thiophene rings is 1. The Labute approximate surface area is 86.7 Å². The smallest absolute Gasteiger partial charge is 0.234 e. The van der Waals surface area contributed by atoms with E-state index in [-0.39, 0.29) is 0 Å². The number of nitrogens with one attached hydrogen (secondary N) is 1. The molecule has 0 aliphatic rings. The van der Waals surface area contributed by atoms with Crippen LogP contribution in [0.15, 0.2) is 16.8 Å². The van der Waals surface area contributed by atoms with E-state index < -0.39 is 18.1 Å². The van der Waals surface area contributed by atoms with Gasteiger partial charge in [0.25, 0.3) is 0 Å². The van der Waals surface area contributed by atoms with Gasteiger partial charge in [-0.05, 0) is 29.3 Å². The second kappa shape index (κ2) is 5.09. The van der Waals surface area contributed by atoms with Crippen molar-refractivity contribution in [2.24, 2.45) is 5.73 Å². The Balaban J connectivity index is 2.35. The van der Waals surface area contributed by atoms with E-state index in [1.807, 2.05) is 16.8 Å². The quantitative estimate of drug-likeness (QED) is 0.657. The zero-order chi connectivity index (χ0) is 10.6. The fraction of sp³-hybridized carbons (Fsp3) is 0.444. The maximum absolute atomic E-state index is 10.7. The van der Waals surface area contributed by atoms with Crippen LogP contribution in [0.25, 0.3) is 0 Å². The Hall–Kier alpha value is -0.910. The van der Waals surface area contributed by atoms with Gasteiger partial charge in [-0.25, -0.2) is 0 Å². The molecular formula is C9H14N2O2S. The molecule has 1 heterocycles. The van der Waals surface area contributed by atoms with E-state index in [1.54, 1.807) is 6.92 Å². The van der Waals surface area contributed by atoms with Crippen molar-refractivity contribution >= 4 is 17.2 Å². The lowest BCUT2D eigenvalue weighted by Gasteiger charge is -2.13. The Morgan fingerprint density at radius 2 is 2.50 bits per heavy atom. The number of rotatable bonds is 5. The van der Waals surface area contributed by atoms with Gasteiger partial charge in [-0.15, -0.1) is 0 Å². The molecule has 4 N–H and O–H groups in total. The highest BCUT2D eigenvalue weighted by Gasteiger charge is 2.12. The van der Waals surface area contributed by atoms with Crippen LogP contribution in [0.5, 0.6) is 0 Å². The molecule has 1 rings (SSSR count). The second-order valence-corrected chi connectivity index (χ2v) is 3.88. The van der Waals surface area contributed by atoms with Gasteiger partial charge in [0.1, 0.15) is 0 Å². The van der Waals surface area contributed by atoms with Crippen molar-refractivity contribution in [2.75, 3.05) is 6.54 Å². The van der Waals surface area contributed by atoms with E-state index in [1.165, 1.54) is 11.3 Å². The van der Waals surface area contributed by atoms with Crippen molar-refractivity contribution in [3.8, 4) is 0 Å². The number of amides is 1.